The van der Waals surface area contributed by atoms with E-state index < -0.39 is 0 Å². The highest BCUT2D eigenvalue weighted by atomic mass is 32.1. The Bertz CT molecular complexity index is 267. The van der Waals surface area contributed by atoms with Crippen LogP contribution < -0.4 is 11.1 Å². The van der Waals surface area contributed by atoms with Crippen LogP contribution in [-0.4, -0.2) is 11.0 Å². The summed E-state index contributed by atoms with van der Waals surface area (Å²) in [6.45, 7) is 2.20. The number of nitrogen functional groups attached to an aromatic ring is 1. The Labute approximate surface area is 76.0 Å². The van der Waals surface area contributed by atoms with E-state index in [1.807, 2.05) is 0 Å². The van der Waals surface area contributed by atoms with Crippen molar-refractivity contribution >= 4 is 21.5 Å². The molecule has 1 heterocycles. The van der Waals surface area contributed by atoms with Crippen LogP contribution in [0.1, 0.15) is 19.8 Å². The lowest BCUT2D eigenvalue weighted by Gasteiger charge is -2.10. The van der Waals surface area contributed by atoms with Gasteiger partial charge in [0.25, 0.3) is 0 Å². The van der Waals surface area contributed by atoms with E-state index in [-0.39, 0.29) is 0 Å². The van der Waals surface area contributed by atoms with Gasteiger partial charge in [0, 0.05) is 6.04 Å². The Balaban J connectivity index is 1.93. The molecule has 66 valence electrons. The Kier molecular flexibility index (Phi) is 1.92. The Hall–Kier alpha value is -0.770. The zero-order valence-corrected chi connectivity index (χ0v) is 7.90. The Morgan fingerprint density at radius 3 is 3.00 bits per heavy atom. The van der Waals surface area contributed by atoms with Crippen LogP contribution in [0.25, 0.3) is 0 Å². The molecule has 1 aliphatic carbocycles. The van der Waals surface area contributed by atoms with Gasteiger partial charge < -0.3 is 11.1 Å². The first-order valence-electron chi connectivity index (χ1n) is 4.23. The van der Waals surface area contributed by atoms with Gasteiger partial charge in [0.05, 0.1) is 6.20 Å². The van der Waals surface area contributed by atoms with E-state index >= 15 is 0 Å². The molecule has 1 fully saturated rings. The molecule has 0 radical (unpaired) electrons. The van der Waals surface area contributed by atoms with Crippen molar-refractivity contribution < 1.29 is 0 Å². The predicted molar refractivity (Wildman–Crippen MR) is 52.3 cm³/mol. The molecule has 0 aliphatic heterocycles. The first kappa shape index (κ1) is 7.86. The van der Waals surface area contributed by atoms with E-state index in [0.717, 1.165) is 16.1 Å². The SMILES string of the molecule is CC(Nc1ncc(N)s1)C1CC1. The molecule has 1 aromatic rings. The highest BCUT2D eigenvalue weighted by molar-refractivity contribution is 7.19. The van der Waals surface area contributed by atoms with E-state index in [9.17, 15) is 0 Å². The van der Waals surface area contributed by atoms with Gasteiger partial charge in [-0.25, -0.2) is 4.98 Å². The van der Waals surface area contributed by atoms with Crippen LogP contribution in [0.5, 0.6) is 0 Å². The zero-order valence-electron chi connectivity index (χ0n) is 7.08. The molecule has 3 N–H and O–H groups in total. The van der Waals surface area contributed by atoms with Crippen molar-refractivity contribution in [3.8, 4) is 0 Å². The maximum Gasteiger partial charge on any atom is 0.184 e. The van der Waals surface area contributed by atoms with Gasteiger partial charge in [0.1, 0.15) is 5.00 Å². The van der Waals surface area contributed by atoms with Gasteiger partial charge in [0.2, 0.25) is 0 Å². The molecule has 0 spiro atoms. The third kappa shape index (κ3) is 1.69. The van der Waals surface area contributed by atoms with E-state index in [1.54, 1.807) is 6.20 Å². The summed E-state index contributed by atoms with van der Waals surface area (Å²) >= 11 is 1.52. The number of aromatic nitrogens is 1. The van der Waals surface area contributed by atoms with Crippen LogP contribution in [0.2, 0.25) is 0 Å². The van der Waals surface area contributed by atoms with Crippen molar-refractivity contribution in [2.45, 2.75) is 25.8 Å². The van der Waals surface area contributed by atoms with E-state index in [2.05, 4.69) is 17.2 Å². The standard InChI is InChI=1S/C8H13N3S/c1-5(6-2-3-6)11-8-10-4-7(9)12-8/h4-6H,2-3,9H2,1H3,(H,10,11). The molecule has 0 amide bonds. The number of hydrogen-bond acceptors (Lipinski definition) is 4. The van der Waals surface area contributed by atoms with Crippen LogP contribution in [0.15, 0.2) is 6.20 Å². The summed E-state index contributed by atoms with van der Waals surface area (Å²) < 4.78 is 0. The van der Waals surface area contributed by atoms with E-state index in [1.165, 1.54) is 24.2 Å². The maximum atomic E-state index is 5.56. The van der Waals surface area contributed by atoms with Crippen LogP contribution in [0.4, 0.5) is 10.1 Å². The molecule has 1 saturated carbocycles. The predicted octanol–water partition coefficient (Wildman–Crippen LogP) is 1.94. The quantitative estimate of drug-likeness (QED) is 0.753. The van der Waals surface area contributed by atoms with Crippen molar-refractivity contribution in [2.75, 3.05) is 11.1 Å². The molecule has 2 rings (SSSR count). The summed E-state index contributed by atoms with van der Waals surface area (Å²) in [4.78, 5) is 4.15. The molecule has 3 nitrogen and oxygen atoms in total. The fourth-order valence-electron chi connectivity index (χ4n) is 1.26. The molecular formula is C8H13N3S. The number of nitrogens with two attached hydrogens (primary N) is 1. The number of nitrogens with one attached hydrogen (secondary N) is 1. The third-order valence-corrected chi connectivity index (χ3v) is 2.96. The lowest BCUT2D eigenvalue weighted by molar-refractivity contribution is 0.693. The van der Waals surface area contributed by atoms with Gasteiger partial charge in [0.15, 0.2) is 5.13 Å². The molecule has 0 bridgehead atoms. The summed E-state index contributed by atoms with van der Waals surface area (Å²) in [5.74, 6) is 0.857. The largest absolute Gasteiger partial charge is 0.389 e. The number of nitrogens with zero attached hydrogens (tertiary/aromatic N) is 1. The first-order chi connectivity index (χ1) is 5.75. The molecule has 0 aromatic carbocycles. The van der Waals surface area contributed by atoms with Gasteiger partial charge in [-0.15, -0.1) is 0 Å². The van der Waals surface area contributed by atoms with E-state index in [0.29, 0.717) is 6.04 Å². The minimum atomic E-state index is 0.551. The van der Waals surface area contributed by atoms with Gasteiger partial charge in [-0.3, -0.25) is 0 Å². The minimum absolute atomic E-state index is 0.551. The maximum absolute atomic E-state index is 5.56. The summed E-state index contributed by atoms with van der Waals surface area (Å²) in [6.07, 6.45) is 4.41. The molecule has 1 aromatic heterocycles. The second-order valence-corrected chi connectivity index (χ2v) is 4.40. The lowest BCUT2D eigenvalue weighted by Crippen LogP contribution is -2.16. The molecule has 1 unspecified atom stereocenters. The van der Waals surface area contributed by atoms with Crippen LogP contribution >= 0.6 is 11.3 Å². The van der Waals surface area contributed by atoms with Crippen LogP contribution in [0, 0.1) is 5.92 Å². The highest BCUT2D eigenvalue weighted by Gasteiger charge is 2.28. The summed E-state index contributed by atoms with van der Waals surface area (Å²) in [7, 11) is 0. The van der Waals surface area contributed by atoms with Crippen molar-refractivity contribution in [3.63, 3.8) is 0 Å². The lowest BCUT2D eigenvalue weighted by atomic mass is 10.2. The zero-order chi connectivity index (χ0) is 8.55. The Morgan fingerprint density at radius 1 is 1.75 bits per heavy atom. The summed E-state index contributed by atoms with van der Waals surface area (Å²) in [6, 6.07) is 0.551. The number of hydrogen-bond donors (Lipinski definition) is 2. The molecule has 12 heavy (non-hydrogen) atoms. The van der Waals surface area contributed by atoms with Crippen molar-refractivity contribution in [3.05, 3.63) is 6.20 Å². The van der Waals surface area contributed by atoms with Crippen LogP contribution in [0.3, 0.4) is 0 Å². The normalized spacial score (nSPS) is 19.1. The topological polar surface area (TPSA) is 50.9 Å². The average molecular weight is 183 g/mol. The average Bonchev–Trinajstić information content (AvgIpc) is 2.78. The van der Waals surface area contributed by atoms with Gasteiger partial charge in [-0.05, 0) is 25.7 Å². The van der Waals surface area contributed by atoms with Gasteiger partial charge >= 0.3 is 0 Å². The Morgan fingerprint density at radius 2 is 2.50 bits per heavy atom. The van der Waals surface area contributed by atoms with Crippen molar-refractivity contribution in [1.29, 1.82) is 0 Å². The molecule has 1 atom stereocenters. The molecule has 0 saturated heterocycles. The number of rotatable bonds is 3. The number of anilines is 2. The van der Waals surface area contributed by atoms with Gasteiger partial charge in [-0.1, -0.05) is 11.3 Å². The second-order valence-electron chi connectivity index (χ2n) is 3.34. The van der Waals surface area contributed by atoms with Gasteiger partial charge in [-0.2, -0.15) is 0 Å². The van der Waals surface area contributed by atoms with Crippen LogP contribution in [-0.2, 0) is 0 Å². The monoisotopic (exact) mass is 183 g/mol. The third-order valence-electron chi connectivity index (χ3n) is 2.20. The first-order valence-corrected chi connectivity index (χ1v) is 5.05. The molecule has 4 heteroatoms. The smallest absolute Gasteiger partial charge is 0.184 e. The molecule has 1 aliphatic rings. The minimum Gasteiger partial charge on any atom is -0.389 e. The summed E-state index contributed by atoms with van der Waals surface area (Å²) in [5, 5.41) is 5.08. The van der Waals surface area contributed by atoms with Crippen molar-refractivity contribution in [2.24, 2.45) is 5.92 Å². The summed E-state index contributed by atoms with van der Waals surface area (Å²) in [5.41, 5.74) is 5.56. The number of thiazole rings is 1. The van der Waals surface area contributed by atoms with E-state index in [4.69, 9.17) is 5.73 Å². The fraction of sp³-hybridized carbons (Fsp3) is 0.625. The fourth-order valence-corrected chi connectivity index (χ4v) is 1.94. The van der Waals surface area contributed by atoms with Crippen molar-refractivity contribution in [1.82, 2.24) is 4.98 Å². The second kappa shape index (κ2) is 2.94. The molecular weight excluding hydrogens is 170 g/mol. The highest BCUT2D eigenvalue weighted by Crippen LogP contribution is 2.34.